The molecule has 0 saturated carbocycles. The number of nitrogens with one attached hydrogen (secondary N) is 1. The first-order chi connectivity index (χ1) is 12.8. The van der Waals surface area contributed by atoms with Gasteiger partial charge in [0, 0.05) is 20.0 Å². The molecule has 6 nitrogen and oxygen atoms in total. The van der Waals surface area contributed by atoms with E-state index in [0.717, 1.165) is 0 Å². The maximum atomic E-state index is 13.8. The molecule has 1 amide bonds. The Morgan fingerprint density at radius 2 is 1.89 bits per heavy atom. The minimum Gasteiger partial charge on any atom is -0.497 e. The molecule has 0 radical (unpaired) electrons. The van der Waals surface area contributed by atoms with Crippen LogP contribution in [0.2, 0.25) is 5.02 Å². The van der Waals surface area contributed by atoms with Crippen molar-refractivity contribution < 1.29 is 22.3 Å². The number of rotatable bonds is 8. The van der Waals surface area contributed by atoms with Gasteiger partial charge in [-0.1, -0.05) is 17.7 Å². The van der Waals surface area contributed by atoms with Crippen LogP contribution >= 0.6 is 11.6 Å². The summed E-state index contributed by atoms with van der Waals surface area (Å²) in [4.78, 5) is 12.1. The minimum absolute atomic E-state index is 0.00768. The number of benzene rings is 2. The zero-order valence-corrected chi connectivity index (χ0v) is 16.5. The van der Waals surface area contributed by atoms with Crippen molar-refractivity contribution in [2.45, 2.75) is 17.7 Å². The van der Waals surface area contributed by atoms with Gasteiger partial charge in [-0.15, -0.1) is 0 Å². The Kier molecular flexibility index (Phi) is 7.18. The molecular formula is C18H20ClFN2O4S. The number of amides is 1. The standard InChI is InChI=1S/C18H20ClFN2O4S/c1-22(27(24,25)14-10-8-13(26-2)9-11-14)12-4-7-17(23)21-16-6-3-5-15(19)18(16)20/h3,5-6,8-11H,4,7,12H2,1-2H3,(H,21,23). The third-order valence-electron chi connectivity index (χ3n) is 3.87. The predicted molar refractivity (Wildman–Crippen MR) is 102 cm³/mol. The fraction of sp³-hybridized carbons (Fsp3) is 0.278. The predicted octanol–water partition coefficient (Wildman–Crippen LogP) is 3.53. The monoisotopic (exact) mass is 414 g/mol. The van der Waals surface area contributed by atoms with Gasteiger partial charge in [-0.25, -0.2) is 17.1 Å². The average Bonchev–Trinajstić information content (AvgIpc) is 2.65. The maximum Gasteiger partial charge on any atom is 0.242 e. The fourth-order valence-electron chi connectivity index (χ4n) is 2.32. The van der Waals surface area contributed by atoms with Crippen LogP contribution in [0.15, 0.2) is 47.4 Å². The van der Waals surface area contributed by atoms with E-state index in [9.17, 15) is 17.6 Å². The molecule has 0 spiro atoms. The summed E-state index contributed by atoms with van der Waals surface area (Å²) in [6.45, 7) is 0.139. The van der Waals surface area contributed by atoms with Gasteiger partial charge in [0.05, 0.1) is 22.7 Å². The topological polar surface area (TPSA) is 75.7 Å². The quantitative estimate of drug-likeness (QED) is 0.717. The van der Waals surface area contributed by atoms with Crippen LogP contribution in [0, 0.1) is 5.82 Å². The summed E-state index contributed by atoms with van der Waals surface area (Å²) in [6, 6.07) is 10.3. The largest absolute Gasteiger partial charge is 0.497 e. The molecule has 2 aromatic carbocycles. The summed E-state index contributed by atoms with van der Waals surface area (Å²) in [5.74, 6) is -0.570. The fourth-order valence-corrected chi connectivity index (χ4v) is 3.71. The van der Waals surface area contributed by atoms with Gasteiger partial charge >= 0.3 is 0 Å². The second kappa shape index (κ2) is 9.16. The highest BCUT2D eigenvalue weighted by Gasteiger charge is 2.20. The smallest absolute Gasteiger partial charge is 0.242 e. The highest BCUT2D eigenvalue weighted by Crippen LogP contribution is 2.22. The lowest BCUT2D eigenvalue weighted by atomic mass is 10.2. The maximum absolute atomic E-state index is 13.8. The molecular weight excluding hydrogens is 395 g/mol. The molecule has 0 unspecified atom stereocenters. The Morgan fingerprint density at radius 1 is 1.22 bits per heavy atom. The van der Waals surface area contributed by atoms with E-state index in [2.05, 4.69) is 5.32 Å². The molecule has 2 aromatic rings. The van der Waals surface area contributed by atoms with Crippen molar-refractivity contribution in [1.82, 2.24) is 4.31 Å². The van der Waals surface area contributed by atoms with Gasteiger partial charge in [0.1, 0.15) is 5.75 Å². The number of halogens is 2. The van der Waals surface area contributed by atoms with E-state index in [1.807, 2.05) is 0 Å². The molecule has 0 heterocycles. The van der Waals surface area contributed by atoms with E-state index >= 15 is 0 Å². The first-order valence-electron chi connectivity index (χ1n) is 8.10. The Hall–Kier alpha value is -2.16. The highest BCUT2D eigenvalue weighted by atomic mass is 35.5. The van der Waals surface area contributed by atoms with Gasteiger partial charge in [0.15, 0.2) is 5.82 Å². The Morgan fingerprint density at radius 3 is 2.52 bits per heavy atom. The molecule has 0 saturated heterocycles. The Labute approximate surface area is 162 Å². The van der Waals surface area contributed by atoms with Crippen LogP contribution in [0.1, 0.15) is 12.8 Å². The van der Waals surface area contributed by atoms with Crippen LogP contribution in [0.5, 0.6) is 5.75 Å². The third-order valence-corrected chi connectivity index (χ3v) is 6.03. The minimum atomic E-state index is -3.66. The third kappa shape index (κ3) is 5.41. The molecule has 0 aliphatic rings. The number of hydrogen-bond acceptors (Lipinski definition) is 4. The second-order valence-corrected chi connectivity index (χ2v) is 8.21. The Bertz CT molecular complexity index is 904. The summed E-state index contributed by atoms with van der Waals surface area (Å²) in [6.07, 6.45) is 0.314. The molecule has 0 aliphatic heterocycles. The molecule has 0 atom stereocenters. The number of hydrogen-bond donors (Lipinski definition) is 1. The molecule has 146 valence electrons. The molecule has 0 fully saturated rings. The van der Waals surface area contributed by atoms with E-state index in [-0.39, 0.29) is 35.0 Å². The zero-order chi connectivity index (χ0) is 20.0. The van der Waals surface area contributed by atoms with E-state index in [1.54, 1.807) is 12.1 Å². The molecule has 0 bridgehead atoms. The normalized spacial score (nSPS) is 11.4. The molecule has 0 aromatic heterocycles. The molecule has 9 heteroatoms. The zero-order valence-electron chi connectivity index (χ0n) is 14.9. The second-order valence-electron chi connectivity index (χ2n) is 5.76. The first kappa shape index (κ1) is 21.1. The SMILES string of the molecule is COc1ccc(S(=O)(=O)N(C)CCCC(=O)Nc2cccc(Cl)c2F)cc1. The average molecular weight is 415 g/mol. The molecule has 1 N–H and O–H groups in total. The van der Waals surface area contributed by atoms with Gasteiger partial charge < -0.3 is 10.1 Å². The number of carbonyl (C=O) groups excluding carboxylic acids is 1. The summed E-state index contributed by atoms with van der Waals surface area (Å²) >= 11 is 5.66. The number of sulfonamides is 1. The van der Waals surface area contributed by atoms with Crippen molar-refractivity contribution >= 4 is 33.2 Å². The van der Waals surface area contributed by atoms with Crippen LogP contribution in [-0.2, 0) is 14.8 Å². The Balaban J connectivity index is 1.89. The van der Waals surface area contributed by atoms with Crippen molar-refractivity contribution in [3.8, 4) is 5.75 Å². The molecule has 0 aliphatic carbocycles. The van der Waals surface area contributed by atoms with E-state index < -0.39 is 21.7 Å². The summed E-state index contributed by atoms with van der Waals surface area (Å²) in [5.41, 5.74) is -0.00768. The van der Waals surface area contributed by atoms with Gasteiger partial charge in [0.2, 0.25) is 15.9 Å². The number of methoxy groups -OCH3 is 1. The number of ether oxygens (including phenoxy) is 1. The van der Waals surface area contributed by atoms with Crippen molar-refractivity contribution in [2.24, 2.45) is 0 Å². The van der Waals surface area contributed by atoms with Crippen LogP contribution < -0.4 is 10.1 Å². The van der Waals surface area contributed by atoms with Crippen molar-refractivity contribution in [1.29, 1.82) is 0 Å². The van der Waals surface area contributed by atoms with E-state index in [0.29, 0.717) is 5.75 Å². The van der Waals surface area contributed by atoms with Gasteiger partial charge in [-0.2, -0.15) is 0 Å². The van der Waals surface area contributed by atoms with Gasteiger partial charge in [-0.05, 0) is 42.8 Å². The van der Waals surface area contributed by atoms with E-state index in [1.165, 1.54) is 48.8 Å². The molecule has 2 rings (SSSR count). The van der Waals surface area contributed by atoms with Crippen LogP contribution in [0.25, 0.3) is 0 Å². The van der Waals surface area contributed by atoms with Crippen molar-refractivity contribution in [2.75, 3.05) is 26.0 Å². The molecule has 27 heavy (non-hydrogen) atoms. The summed E-state index contributed by atoms with van der Waals surface area (Å²) in [7, 11) is -0.730. The van der Waals surface area contributed by atoms with Gasteiger partial charge in [0.25, 0.3) is 0 Å². The van der Waals surface area contributed by atoms with Crippen molar-refractivity contribution in [3.05, 3.63) is 53.3 Å². The van der Waals surface area contributed by atoms with Crippen molar-refractivity contribution in [3.63, 3.8) is 0 Å². The van der Waals surface area contributed by atoms with Gasteiger partial charge in [-0.3, -0.25) is 4.79 Å². The van der Waals surface area contributed by atoms with Crippen LogP contribution in [0.4, 0.5) is 10.1 Å². The van der Waals surface area contributed by atoms with Crippen LogP contribution in [0.3, 0.4) is 0 Å². The first-order valence-corrected chi connectivity index (χ1v) is 9.91. The number of carbonyl (C=O) groups is 1. The summed E-state index contributed by atoms with van der Waals surface area (Å²) in [5, 5.41) is 2.34. The summed E-state index contributed by atoms with van der Waals surface area (Å²) < 4.78 is 44.9. The van der Waals surface area contributed by atoms with E-state index in [4.69, 9.17) is 16.3 Å². The highest BCUT2D eigenvalue weighted by molar-refractivity contribution is 7.89. The lowest BCUT2D eigenvalue weighted by Gasteiger charge is -2.17. The number of anilines is 1. The lowest BCUT2D eigenvalue weighted by Crippen LogP contribution is -2.28. The van der Waals surface area contributed by atoms with Crippen LogP contribution in [-0.4, -0.2) is 39.3 Å². The lowest BCUT2D eigenvalue weighted by molar-refractivity contribution is -0.116. The number of nitrogens with zero attached hydrogens (tertiary/aromatic N) is 1.